The lowest BCUT2D eigenvalue weighted by atomic mass is 9.96. The highest BCUT2D eigenvalue weighted by molar-refractivity contribution is 6.04. The van der Waals surface area contributed by atoms with Crippen molar-refractivity contribution < 1.29 is 14.3 Å². The number of benzene rings is 4. The highest BCUT2D eigenvalue weighted by Crippen LogP contribution is 2.30. The first kappa shape index (κ1) is 26.2. The Morgan fingerprint density at radius 2 is 1.31 bits per heavy atom. The molecule has 6 heteroatoms. The van der Waals surface area contributed by atoms with Crippen molar-refractivity contribution in [1.82, 2.24) is 9.80 Å². The number of nitrogens with zero attached hydrogens (tertiary/aromatic N) is 2. The molecule has 1 N–H and O–H groups in total. The lowest BCUT2D eigenvalue weighted by molar-refractivity contribution is -0.118. The molecule has 4 aromatic carbocycles. The van der Waals surface area contributed by atoms with Crippen molar-refractivity contribution in [1.29, 1.82) is 0 Å². The SMILES string of the molecule is Cc1ccc(OCC(=O)Nc2ccccc2C(=O)N2CCN(C(c3ccccc3)c3ccccc3)CC2)cc1. The molecule has 39 heavy (non-hydrogen) atoms. The summed E-state index contributed by atoms with van der Waals surface area (Å²) < 4.78 is 5.61. The number of piperazine rings is 1. The minimum atomic E-state index is -0.311. The van der Waals surface area contributed by atoms with Crippen LogP contribution in [-0.4, -0.2) is 54.4 Å². The van der Waals surface area contributed by atoms with E-state index >= 15 is 0 Å². The highest BCUT2D eigenvalue weighted by atomic mass is 16.5. The van der Waals surface area contributed by atoms with Crippen LogP contribution in [0.15, 0.2) is 109 Å². The lowest BCUT2D eigenvalue weighted by Crippen LogP contribution is -2.50. The minimum absolute atomic E-state index is 0.0824. The standard InChI is InChI=1S/C33H33N3O3/c1-25-16-18-28(19-17-25)39-24-31(37)34-30-15-9-8-14-29(30)33(38)36-22-20-35(21-23-36)32(26-10-4-2-5-11-26)27-12-6-3-7-13-27/h2-19,32H,20-24H2,1H3,(H,34,37). The molecule has 0 bridgehead atoms. The molecule has 1 aliphatic rings. The van der Waals surface area contributed by atoms with E-state index in [-0.39, 0.29) is 24.5 Å². The van der Waals surface area contributed by atoms with E-state index in [4.69, 9.17) is 4.74 Å². The molecule has 2 amide bonds. The predicted octanol–water partition coefficient (Wildman–Crippen LogP) is 5.56. The summed E-state index contributed by atoms with van der Waals surface area (Å²) in [5.41, 5.74) is 4.58. The molecular formula is C33H33N3O3. The fourth-order valence-corrected chi connectivity index (χ4v) is 4.99. The summed E-state index contributed by atoms with van der Waals surface area (Å²) >= 11 is 0. The molecule has 0 aromatic heterocycles. The number of amides is 2. The zero-order chi connectivity index (χ0) is 27.0. The fraction of sp³-hybridized carbons (Fsp3) is 0.212. The molecule has 0 radical (unpaired) electrons. The van der Waals surface area contributed by atoms with Gasteiger partial charge in [0.15, 0.2) is 6.61 Å². The summed E-state index contributed by atoms with van der Waals surface area (Å²) in [6.07, 6.45) is 0. The van der Waals surface area contributed by atoms with Crippen LogP contribution in [0.5, 0.6) is 5.75 Å². The van der Waals surface area contributed by atoms with Gasteiger partial charge in [0, 0.05) is 26.2 Å². The quantitative estimate of drug-likeness (QED) is 0.331. The molecule has 0 atom stereocenters. The Kier molecular flexibility index (Phi) is 8.34. The van der Waals surface area contributed by atoms with Crippen LogP contribution >= 0.6 is 0 Å². The fourth-order valence-electron chi connectivity index (χ4n) is 4.99. The Balaban J connectivity index is 1.23. The van der Waals surface area contributed by atoms with E-state index in [2.05, 4.69) is 58.7 Å². The van der Waals surface area contributed by atoms with E-state index in [0.717, 1.165) is 18.7 Å². The smallest absolute Gasteiger partial charge is 0.262 e. The van der Waals surface area contributed by atoms with Gasteiger partial charge in [-0.15, -0.1) is 0 Å². The molecule has 1 fully saturated rings. The Morgan fingerprint density at radius 1 is 0.744 bits per heavy atom. The normalized spacial score (nSPS) is 13.7. The summed E-state index contributed by atoms with van der Waals surface area (Å²) in [7, 11) is 0. The van der Waals surface area contributed by atoms with Crippen molar-refractivity contribution in [3.8, 4) is 5.75 Å². The monoisotopic (exact) mass is 519 g/mol. The number of nitrogens with one attached hydrogen (secondary N) is 1. The minimum Gasteiger partial charge on any atom is -0.484 e. The maximum atomic E-state index is 13.6. The molecule has 0 spiro atoms. The van der Waals surface area contributed by atoms with Gasteiger partial charge in [0.2, 0.25) is 0 Å². The summed E-state index contributed by atoms with van der Waals surface area (Å²) in [6.45, 7) is 4.57. The number of rotatable bonds is 8. The summed E-state index contributed by atoms with van der Waals surface area (Å²) in [5, 5.41) is 2.86. The molecule has 4 aromatic rings. The van der Waals surface area contributed by atoms with E-state index in [0.29, 0.717) is 30.1 Å². The van der Waals surface area contributed by atoms with E-state index in [1.165, 1.54) is 11.1 Å². The van der Waals surface area contributed by atoms with Crippen molar-refractivity contribution >= 4 is 17.5 Å². The summed E-state index contributed by atoms with van der Waals surface area (Å²) in [6, 6.07) is 35.8. The van der Waals surface area contributed by atoms with Crippen LogP contribution < -0.4 is 10.1 Å². The molecule has 1 saturated heterocycles. The van der Waals surface area contributed by atoms with Crippen LogP contribution in [0.1, 0.15) is 33.1 Å². The largest absolute Gasteiger partial charge is 0.484 e. The molecule has 0 saturated carbocycles. The second kappa shape index (κ2) is 12.4. The zero-order valence-electron chi connectivity index (χ0n) is 22.1. The number of hydrogen-bond donors (Lipinski definition) is 1. The van der Waals surface area contributed by atoms with Gasteiger partial charge in [-0.2, -0.15) is 0 Å². The van der Waals surface area contributed by atoms with Gasteiger partial charge in [-0.1, -0.05) is 90.5 Å². The van der Waals surface area contributed by atoms with Gasteiger partial charge in [-0.25, -0.2) is 0 Å². The number of carbonyl (C=O) groups is 2. The van der Waals surface area contributed by atoms with E-state index in [1.54, 1.807) is 12.1 Å². The van der Waals surface area contributed by atoms with Gasteiger partial charge in [0.05, 0.1) is 17.3 Å². The van der Waals surface area contributed by atoms with Crippen molar-refractivity contribution in [2.45, 2.75) is 13.0 Å². The third-order valence-corrected chi connectivity index (χ3v) is 7.02. The Bertz CT molecular complexity index is 1340. The van der Waals surface area contributed by atoms with Crippen molar-refractivity contribution in [3.05, 3.63) is 131 Å². The average Bonchev–Trinajstić information content (AvgIpc) is 2.98. The summed E-state index contributed by atoms with van der Waals surface area (Å²) in [4.78, 5) is 30.5. The number of hydrogen-bond acceptors (Lipinski definition) is 4. The van der Waals surface area contributed by atoms with E-state index in [1.807, 2.05) is 60.4 Å². The molecule has 1 heterocycles. The third-order valence-electron chi connectivity index (χ3n) is 7.02. The number of para-hydroxylation sites is 1. The number of ether oxygens (including phenoxy) is 1. The van der Waals surface area contributed by atoms with E-state index < -0.39 is 0 Å². The molecule has 0 aliphatic carbocycles. The van der Waals surface area contributed by atoms with Crippen LogP contribution in [0.2, 0.25) is 0 Å². The van der Waals surface area contributed by atoms with E-state index in [9.17, 15) is 9.59 Å². The van der Waals surface area contributed by atoms with Crippen LogP contribution in [0.25, 0.3) is 0 Å². The number of aryl methyl sites for hydroxylation is 1. The van der Waals surface area contributed by atoms with Gasteiger partial charge < -0.3 is 15.0 Å². The van der Waals surface area contributed by atoms with Gasteiger partial charge >= 0.3 is 0 Å². The van der Waals surface area contributed by atoms with Gasteiger partial charge in [-0.3, -0.25) is 14.5 Å². The Labute approximate surface area is 229 Å². The van der Waals surface area contributed by atoms with Crippen LogP contribution in [0, 0.1) is 6.92 Å². The molecule has 1 aliphatic heterocycles. The maximum absolute atomic E-state index is 13.6. The third kappa shape index (κ3) is 6.54. The van der Waals surface area contributed by atoms with Crippen molar-refractivity contribution in [2.24, 2.45) is 0 Å². The number of carbonyl (C=O) groups excluding carboxylic acids is 2. The Morgan fingerprint density at radius 3 is 1.92 bits per heavy atom. The lowest BCUT2D eigenvalue weighted by Gasteiger charge is -2.40. The van der Waals surface area contributed by atoms with Crippen LogP contribution in [0.4, 0.5) is 5.69 Å². The second-order valence-electron chi connectivity index (χ2n) is 9.75. The first-order valence-electron chi connectivity index (χ1n) is 13.3. The first-order chi connectivity index (χ1) is 19.1. The topological polar surface area (TPSA) is 61.9 Å². The van der Waals surface area contributed by atoms with Crippen molar-refractivity contribution in [3.63, 3.8) is 0 Å². The average molecular weight is 520 g/mol. The van der Waals surface area contributed by atoms with Gasteiger partial charge in [-0.05, 0) is 42.3 Å². The Hall–Kier alpha value is -4.42. The molecule has 5 rings (SSSR count). The van der Waals surface area contributed by atoms with Gasteiger partial charge in [0.1, 0.15) is 5.75 Å². The van der Waals surface area contributed by atoms with Crippen LogP contribution in [0.3, 0.4) is 0 Å². The first-order valence-corrected chi connectivity index (χ1v) is 13.3. The van der Waals surface area contributed by atoms with Crippen molar-refractivity contribution in [2.75, 3.05) is 38.1 Å². The maximum Gasteiger partial charge on any atom is 0.262 e. The van der Waals surface area contributed by atoms with Gasteiger partial charge in [0.25, 0.3) is 11.8 Å². The zero-order valence-corrected chi connectivity index (χ0v) is 22.1. The predicted molar refractivity (Wildman–Crippen MR) is 154 cm³/mol. The molecule has 0 unspecified atom stereocenters. The summed E-state index contributed by atoms with van der Waals surface area (Å²) in [5.74, 6) is 0.234. The molecule has 198 valence electrons. The van der Waals surface area contributed by atoms with Crippen LogP contribution in [-0.2, 0) is 4.79 Å². The number of anilines is 1. The molecular weight excluding hydrogens is 486 g/mol. The second-order valence-corrected chi connectivity index (χ2v) is 9.75. The highest BCUT2D eigenvalue weighted by Gasteiger charge is 2.29. The molecule has 6 nitrogen and oxygen atoms in total.